The molecule has 1 heterocycles. The van der Waals surface area contributed by atoms with E-state index in [-0.39, 0.29) is 5.41 Å². The van der Waals surface area contributed by atoms with Crippen molar-refractivity contribution in [1.29, 1.82) is 0 Å². The second kappa shape index (κ2) is 4.98. The molecule has 0 unspecified atom stereocenters. The Morgan fingerprint density at radius 2 is 2.27 bits per heavy atom. The Kier molecular flexibility index (Phi) is 3.91. The molecule has 0 amide bonds. The van der Waals surface area contributed by atoms with Crippen molar-refractivity contribution >= 4 is 5.69 Å². The molecule has 0 saturated heterocycles. The quantitative estimate of drug-likeness (QED) is 0.771. The Balaban J connectivity index is 2.57. The molecule has 1 rings (SSSR count). The maximum Gasteiger partial charge on any atom is 0.214 e. The normalized spacial score (nSPS) is 11.2. The first kappa shape index (κ1) is 11.8. The minimum atomic E-state index is 0.0938. The van der Waals surface area contributed by atoms with Gasteiger partial charge in [0.15, 0.2) is 0 Å². The molecule has 0 atom stereocenters. The molecule has 0 saturated carbocycles. The summed E-state index contributed by atoms with van der Waals surface area (Å²) in [5.41, 5.74) is 6.75. The van der Waals surface area contributed by atoms with Gasteiger partial charge in [0.05, 0.1) is 7.11 Å². The zero-order valence-corrected chi connectivity index (χ0v) is 9.58. The molecule has 0 fully saturated rings. The van der Waals surface area contributed by atoms with Crippen LogP contribution in [0.5, 0.6) is 5.88 Å². The van der Waals surface area contributed by atoms with Crippen LogP contribution in [-0.4, -0.2) is 25.2 Å². The number of nitrogens with zero attached hydrogens (tertiary/aromatic N) is 1. The molecule has 3 N–H and O–H groups in total. The van der Waals surface area contributed by atoms with Crippen LogP contribution in [0.2, 0.25) is 0 Å². The smallest absolute Gasteiger partial charge is 0.214 e. The number of hydrogen-bond donors (Lipinski definition) is 2. The molecule has 0 bridgehead atoms. The fourth-order valence-corrected chi connectivity index (χ4v) is 1.04. The van der Waals surface area contributed by atoms with Crippen LogP contribution in [-0.2, 0) is 0 Å². The average molecular weight is 209 g/mol. The minimum absolute atomic E-state index is 0.0938. The van der Waals surface area contributed by atoms with E-state index in [2.05, 4.69) is 24.1 Å². The van der Waals surface area contributed by atoms with Gasteiger partial charge in [-0.1, -0.05) is 13.8 Å². The van der Waals surface area contributed by atoms with Gasteiger partial charge in [-0.25, -0.2) is 4.98 Å². The number of methoxy groups -OCH3 is 1. The van der Waals surface area contributed by atoms with Crippen molar-refractivity contribution in [3.63, 3.8) is 0 Å². The lowest BCUT2D eigenvalue weighted by molar-refractivity contribution is 0.396. The molecule has 4 nitrogen and oxygen atoms in total. The van der Waals surface area contributed by atoms with E-state index in [1.807, 2.05) is 12.1 Å². The molecular formula is C11H19N3O. The number of aromatic nitrogens is 1. The Hall–Kier alpha value is -1.29. The summed E-state index contributed by atoms with van der Waals surface area (Å²) in [6.45, 7) is 5.73. The summed E-state index contributed by atoms with van der Waals surface area (Å²) >= 11 is 0. The predicted octanol–water partition coefficient (Wildman–Crippen LogP) is 1.49. The molecule has 1 aromatic rings. The van der Waals surface area contributed by atoms with Gasteiger partial charge in [0.2, 0.25) is 5.88 Å². The van der Waals surface area contributed by atoms with Gasteiger partial charge in [0, 0.05) is 24.5 Å². The van der Waals surface area contributed by atoms with Gasteiger partial charge in [-0.05, 0) is 18.0 Å². The SMILES string of the molecule is COc1cc(NCC(C)(C)CN)ccn1. The van der Waals surface area contributed by atoms with Crippen LogP contribution in [0.4, 0.5) is 5.69 Å². The van der Waals surface area contributed by atoms with Gasteiger partial charge >= 0.3 is 0 Å². The third-order valence-corrected chi connectivity index (χ3v) is 2.27. The number of ether oxygens (including phenoxy) is 1. The summed E-state index contributed by atoms with van der Waals surface area (Å²) in [5.74, 6) is 0.616. The van der Waals surface area contributed by atoms with E-state index in [4.69, 9.17) is 10.5 Å². The second-order valence-corrected chi connectivity index (χ2v) is 4.31. The molecule has 0 aliphatic rings. The lowest BCUT2D eigenvalue weighted by Crippen LogP contribution is -2.31. The molecule has 0 spiro atoms. The maximum absolute atomic E-state index is 5.65. The van der Waals surface area contributed by atoms with Gasteiger partial charge in [-0.3, -0.25) is 0 Å². The molecule has 0 aromatic carbocycles. The van der Waals surface area contributed by atoms with Crippen LogP contribution in [0.1, 0.15) is 13.8 Å². The van der Waals surface area contributed by atoms with E-state index in [1.165, 1.54) is 0 Å². The summed E-state index contributed by atoms with van der Waals surface area (Å²) < 4.78 is 5.04. The highest BCUT2D eigenvalue weighted by molar-refractivity contribution is 5.45. The highest BCUT2D eigenvalue weighted by Gasteiger charge is 2.14. The van der Waals surface area contributed by atoms with Gasteiger partial charge in [0.1, 0.15) is 0 Å². The number of anilines is 1. The van der Waals surface area contributed by atoms with E-state index in [0.717, 1.165) is 12.2 Å². The first-order valence-electron chi connectivity index (χ1n) is 5.01. The summed E-state index contributed by atoms with van der Waals surface area (Å²) in [4.78, 5) is 4.04. The van der Waals surface area contributed by atoms with E-state index in [9.17, 15) is 0 Å². The van der Waals surface area contributed by atoms with Gasteiger partial charge in [-0.15, -0.1) is 0 Å². The molecule has 15 heavy (non-hydrogen) atoms. The minimum Gasteiger partial charge on any atom is -0.481 e. The van der Waals surface area contributed by atoms with Gasteiger partial charge < -0.3 is 15.8 Å². The summed E-state index contributed by atoms with van der Waals surface area (Å²) in [5, 5.41) is 3.31. The first-order valence-corrected chi connectivity index (χ1v) is 5.01. The van der Waals surface area contributed by atoms with Crippen molar-refractivity contribution in [1.82, 2.24) is 4.98 Å². The summed E-state index contributed by atoms with van der Waals surface area (Å²) in [6.07, 6.45) is 1.72. The molecule has 1 aromatic heterocycles. The largest absolute Gasteiger partial charge is 0.481 e. The fourth-order valence-electron chi connectivity index (χ4n) is 1.04. The van der Waals surface area contributed by atoms with Crippen molar-refractivity contribution in [2.45, 2.75) is 13.8 Å². The lowest BCUT2D eigenvalue weighted by atomic mass is 9.94. The van der Waals surface area contributed by atoms with E-state index < -0.39 is 0 Å². The van der Waals surface area contributed by atoms with Crippen molar-refractivity contribution in [3.05, 3.63) is 18.3 Å². The first-order chi connectivity index (χ1) is 7.07. The lowest BCUT2D eigenvalue weighted by Gasteiger charge is -2.23. The third kappa shape index (κ3) is 3.75. The Bertz CT molecular complexity index is 312. The van der Waals surface area contributed by atoms with E-state index in [0.29, 0.717) is 12.4 Å². The number of pyridine rings is 1. The Labute approximate surface area is 90.8 Å². The number of nitrogens with two attached hydrogens (primary N) is 1. The zero-order valence-electron chi connectivity index (χ0n) is 9.58. The van der Waals surface area contributed by atoms with E-state index in [1.54, 1.807) is 13.3 Å². The van der Waals surface area contributed by atoms with Crippen LogP contribution in [0.15, 0.2) is 18.3 Å². The van der Waals surface area contributed by atoms with Crippen molar-refractivity contribution in [3.8, 4) is 5.88 Å². The predicted molar refractivity (Wildman–Crippen MR) is 62.1 cm³/mol. The standard InChI is InChI=1S/C11H19N3O/c1-11(2,7-12)8-14-9-4-5-13-10(6-9)15-3/h4-6H,7-8,12H2,1-3H3,(H,13,14). The highest BCUT2D eigenvalue weighted by atomic mass is 16.5. The van der Waals surface area contributed by atoms with Crippen LogP contribution < -0.4 is 15.8 Å². The maximum atomic E-state index is 5.65. The summed E-state index contributed by atoms with van der Waals surface area (Å²) in [6, 6.07) is 3.78. The van der Waals surface area contributed by atoms with Crippen LogP contribution >= 0.6 is 0 Å². The van der Waals surface area contributed by atoms with Crippen LogP contribution in [0, 0.1) is 5.41 Å². The fraction of sp³-hybridized carbons (Fsp3) is 0.545. The number of nitrogens with one attached hydrogen (secondary N) is 1. The summed E-state index contributed by atoms with van der Waals surface area (Å²) in [7, 11) is 1.61. The zero-order chi connectivity index (χ0) is 11.3. The molecule has 84 valence electrons. The van der Waals surface area contributed by atoms with Crippen LogP contribution in [0.3, 0.4) is 0 Å². The second-order valence-electron chi connectivity index (χ2n) is 4.31. The number of rotatable bonds is 5. The van der Waals surface area contributed by atoms with Crippen LogP contribution in [0.25, 0.3) is 0 Å². The molecule has 0 aliphatic heterocycles. The Morgan fingerprint density at radius 3 is 2.87 bits per heavy atom. The van der Waals surface area contributed by atoms with Crippen molar-refractivity contribution < 1.29 is 4.74 Å². The number of hydrogen-bond acceptors (Lipinski definition) is 4. The van der Waals surface area contributed by atoms with Crippen molar-refractivity contribution in [2.75, 3.05) is 25.5 Å². The highest BCUT2D eigenvalue weighted by Crippen LogP contribution is 2.17. The molecular weight excluding hydrogens is 190 g/mol. The topological polar surface area (TPSA) is 60.2 Å². The molecule has 0 radical (unpaired) electrons. The average Bonchev–Trinajstić information content (AvgIpc) is 2.27. The van der Waals surface area contributed by atoms with E-state index >= 15 is 0 Å². The molecule has 4 heteroatoms. The monoisotopic (exact) mass is 209 g/mol. The van der Waals surface area contributed by atoms with Crippen molar-refractivity contribution in [2.24, 2.45) is 11.1 Å². The Morgan fingerprint density at radius 1 is 1.53 bits per heavy atom. The molecule has 0 aliphatic carbocycles. The third-order valence-electron chi connectivity index (χ3n) is 2.27. The van der Waals surface area contributed by atoms with Gasteiger partial charge in [0.25, 0.3) is 0 Å². The van der Waals surface area contributed by atoms with Gasteiger partial charge in [-0.2, -0.15) is 0 Å².